The topological polar surface area (TPSA) is 86.3 Å². The van der Waals surface area contributed by atoms with Gasteiger partial charge in [-0.15, -0.1) is 0 Å². The van der Waals surface area contributed by atoms with Gasteiger partial charge in [0.2, 0.25) is 0 Å². The van der Waals surface area contributed by atoms with Gasteiger partial charge >= 0.3 is 7.32 Å². The highest BCUT2D eigenvalue weighted by Crippen LogP contribution is 2.65. The number of rotatable bonds is 15. The second-order valence-electron chi connectivity index (χ2n) is 13.3. The van der Waals surface area contributed by atoms with Gasteiger partial charge in [0.15, 0.2) is 0 Å². The lowest BCUT2D eigenvalue weighted by Crippen LogP contribution is -2.31. The SMILES string of the molecule is Cc1ccc(S(CC(=C(C#N)C#N)c2ccccc2)(OB(O)OCCCC(c2ccccc2)(c2ccccc2)c2ccccc2)c2ccc(C)cc2)cc1. The van der Waals surface area contributed by atoms with Crippen LogP contribution >= 0.6 is 10.3 Å². The van der Waals surface area contributed by atoms with E-state index in [0.717, 1.165) is 26.5 Å². The van der Waals surface area contributed by atoms with Crippen LogP contribution in [0.25, 0.3) is 5.57 Å². The zero-order valence-corrected chi connectivity index (χ0v) is 31.5. The molecule has 5 nitrogen and oxygen atoms in total. The van der Waals surface area contributed by atoms with Crippen molar-refractivity contribution >= 4 is 23.2 Å². The molecule has 268 valence electrons. The summed E-state index contributed by atoms with van der Waals surface area (Å²) in [6.45, 7) is 4.25. The molecule has 7 heteroatoms. The molecule has 0 aliphatic heterocycles. The van der Waals surface area contributed by atoms with Gasteiger partial charge in [0.25, 0.3) is 0 Å². The smallest absolute Gasteiger partial charge is 0.401 e. The number of aryl methyl sites for hydroxylation is 2. The third-order valence-electron chi connectivity index (χ3n) is 9.80. The van der Waals surface area contributed by atoms with E-state index in [0.29, 0.717) is 18.4 Å². The predicted molar refractivity (Wildman–Crippen MR) is 219 cm³/mol. The van der Waals surface area contributed by atoms with Crippen molar-refractivity contribution < 1.29 is 13.8 Å². The van der Waals surface area contributed by atoms with E-state index in [9.17, 15) is 15.5 Å². The summed E-state index contributed by atoms with van der Waals surface area (Å²) in [5.74, 6) is 0.166. The maximum Gasteiger partial charge on any atom is 0.647 e. The van der Waals surface area contributed by atoms with Crippen LogP contribution in [0, 0.1) is 36.5 Å². The van der Waals surface area contributed by atoms with Crippen molar-refractivity contribution in [3.8, 4) is 12.1 Å². The Morgan fingerprint density at radius 3 is 1.43 bits per heavy atom. The minimum atomic E-state index is -2.63. The van der Waals surface area contributed by atoms with Gasteiger partial charge in [-0.05, 0) is 78.8 Å². The van der Waals surface area contributed by atoms with Crippen molar-refractivity contribution in [1.82, 2.24) is 0 Å². The van der Waals surface area contributed by atoms with Gasteiger partial charge in [-0.2, -0.15) is 10.5 Å². The molecule has 54 heavy (non-hydrogen) atoms. The Bertz CT molecular complexity index is 2060. The van der Waals surface area contributed by atoms with Crippen molar-refractivity contribution in [2.24, 2.45) is 0 Å². The van der Waals surface area contributed by atoms with Crippen LogP contribution in [-0.2, 0) is 14.2 Å². The summed E-state index contributed by atoms with van der Waals surface area (Å²) in [5.41, 5.74) is 6.48. The van der Waals surface area contributed by atoms with Gasteiger partial charge in [0.05, 0.1) is 0 Å². The fourth-order valence-corrected chi connectivity index (χ4v) is 10.2. The summed E-state index contributed by atoms with van der Waals surface area (Å²) in [4.78, 5) is 1.67. The maximum atomic E-state index is 11.8. The molecule has 0 amide bonds. The molecular formula is C47H43BN2O3S. The summed E-state index contributed by atoms with van der Waals surface area (Å²) >= 11 is 0. The molecule has 0 aromatic heterocycles. The Morgan fingerprint density at radius 2 is 1.02 bits per heavy atom. The van der Waals surface area contributed by atoms with Crippen molar-refractivity contribution in [1.29, 1.82) is 10.5 Å². The van der Waals surface area contributed by atoms with Crippen molar-refractivity contribution in [2.45, 2.75) is 41.9 Å². The van der Waals surface area contributed by atoms with Gasteiger partial charge in [0.1, 0.15) is 17.7 Å². The maximum absolute atomic E-state index is 11.8. The molecule has 0 saturated carbocycles. The minimum Gasteiger partial charge on any atom is -0.401 e. The lowest BCUT2D eigenvalue weighted by atomic mass is 9.67. The quantitative estimate of drug-likeness (QED) is 0.0493. The number of hydrogen-bond donors (Lipinski definition) is 1. The first-order valence-electron chi connectivity index (χ1n) is 18.1. The van der Waals surface area contributed by atoms with Crippen molar-refractivity contribution in [2.75, 3.05) is 12.4 Å². The van der Waals surface area contributed by atoms with Crippen LogP contribution in [0.4, 0.5) is 0 Å². The lowest BCUT2D eigenvalue weighted by molar-refractivity contribution is 0.193. The predicted octanol–water partition coefficient (Wildman–Crippen LogP) is 10.8. The molecular weight excluding hydrogens is 683 g/mol. The average Bonchev–Trinajstić information content (AvgIpc) is 3.22. The summed E-state index contributed by atoms with van der Waals surface area (Å²) in [5, 5.41) is 32.1. The molecule has 0 fully saturated rings. The van der Waals surface area contributed by atoms with E-state index in [4.69, 9.17) is 8.75 Å². The van der Waals surface area contributed by atoms with Crippen LogP contribution < -0.4 is 0 Å². The number of allylic oxidation sites excluding steroid dienone is 1. The van der Waals surface area contributed by atoms with E-state index in [1.807, 2.05) is 111 Å². The molecule has 0 heterocycles. The fourth-order valence-electron chi connectivity index (χ4n) is 7.06. The summed E-state index contributed by atoms with van der Waals surface area (Å²) in [6.07, 6.45) is 1.32. The van der Waals surface area contributed by atoms with Gasteiger partial charge in [-0.1, -0.05) is 167 Å². The summed E-state index contributed by atoms with van der Waals surface area (Å²) < 4.78 is 13.0. The lowest BCUT2D eigenvalue weighted by Gasteiger charge is -2.42. The normalized spacial score (nSPS) is 11.6. The first-order valence-corrected chi connectivity index (χ1v) is 19.8. The number of nitrogens with zero attached hydrogens (tertiary/aromatic N) is 2. The minimum absolute atomic E-state index is 0.00428. The van der Waals surface area contributed by atoms with E-state index in [-0.39, 0.29) is 17.9 Å². The van der Waals surface area contributed by atoms with Crippen LogP contribution in [0.3, 0.4) is 0 Å². The highest BCUT2D eigenvalue weighted by atomic mass is 32.3. The molecule has 0 aliphatic rings. The molecule has 6 aromatic carbocycles. The van der Waals surface area contributed by atoms with Crippen LogP contribution in [-0.4, -0.2) is 24.7 Å². The standard InChI is InChI=1S/C47H43BN2O3S/c1-37-24-28-44(29-25-37)54(45-30-26-38(2)27-31-45,36-46(40(34-49)35-50)39-16-7-3-8-17-39)53-48(51)52-33-15-32-47(41-18-9-4-10-19-41,42-20-11-5-12-21-42)43-22-13-6-14-23-43/h3-14,16-31,51H,15,32-33,36H2,1-2H3. The Kier molecular flexibility index (Phi) is 12.6. The van der Waals surface area contributed by atoms with E-state index in [1.165, 1.54) is 16.7 Å². The van der Waals surface area contributed by atoms with Crippen LogP contribution in [0.2, 0.25) is 0 Å². The second kappa shape index (κ2) is 17.9. The van der Waals surface area contributed by atoms with E-state index >= 15 is 0 Å². The first-order chi connectivity index (χ1) is 26.4. The molecule has 0 bridgehead atoms. The van der Waals surface area contributed by atoms with Gasteiger partial charge in [-0.25, -0.2) is 0 Å². The largest absolute Gasteiger partial charge is 0.647 e. The number of hydrogen-bond acceptors (Lipinski definition) is 5. The zero-order valence-electron chi connectivity index (χ0n) is 30.6. The van der Waals surface area contributed by atoms with Gasteiger partial charge < -0.3 is 13.8 Å². The zero-order chi connectivity index (χ0) is 37.8. The van der Waals surface area contributed by atoms with Crippen molar-refractivity contribution in [3.05, 3.63) is 209 Å². The third-order valence-corrected chi connectivity index (χ3v) is 13.1. The van der Waals surface area contributed by atoms with Crippen LogP contribution in [0.1, 0.15) is 46.2 Å². The molecule has 6 rings (SSSR count). The Morgan fingerprint density at radius 1 is 0.611 bits per heavy atom. The molecule has 0 spiro atoms. The van der Waals surface area contributed by atoms with Gasteiger partial charge in [0, 0.05) is 27.6 Å². The molecule has 0 saturated heterocycles. The number of nitriles is 2. The van der Waals surface area contributed by atoms with E-state index in [2.05, 4.69) is 84.9 Å². The van der Waals surface area contributed by atoms with E-state index in [1.54, 1.807) is 0 Å². The highest BCUT2D eigenvalue weighted by molar-refractivity contribution is 8.30. The molecule has 0 unspecified atom stereocenters. The summed E-state index contributed by atoms with van der Waals surface area (Å²) in [6, 6.07) is 61.4. The first kappa shape index (κ1) is 38.1. The summed E-state index contributed by atoms with van der Waals surface area (Å²) in [7, 11) is -4.23. The Hall–Kier alpha value is -5.67. The molecule has 6 aromatic rings. The molecule has 0 radical (unpaired) electrons. The van der Waals surface area contributed by atoms with E-state index < -0.39 is 23.0 Å². The average molecular weight is 727 g/mol. The number of benzene rings is 6. The monoisotopic (exact) mass is 726 g/mol. The molecule has 0 aliphatic carbocycles. The highest BCUT2D eigenvalue weighted by Gasteiger charge is 2.39. The Balaban J connectivity index is 1.36. The van der Waals surface area contributed by atoms with Crippen LogP contribution in [0.15, 0.2) is 185 Å². The molecule has 1 N–H and O–H groups in total. The fraction of sp³-hybridized carbons (Fsp3) is 0.149. The third kappa shape index (κ3) is 8.42. The second-order valence-corrected chi connectivity index (χ2v) is 16.0. The van der Waals surface area contributed by atoms with Gasteiger partial charge in [-0.3, -0.25) is 0 Å². The molecule has 0 atom stereocenters. The van der Waals surface area contributed by atoms with Crippen molar-refractivity contribution in [3.63, 3.8) is 0 Å². The Labute approximate surface area is 321 Å². The van der Waals surface area contributed by atoms with Crippen LogP contribution in [0.5, 0.6) is 0 Å².